The minimum Gasteiger partial charge on any atom is -0.452 e. The number of nitrogens with zero attached hydrogens (tertiary/aromatic N) is 3. The van der Waals surface area contributed by atoms with Gasteiger partial charge in [-0.15, -0.1) is 0 Å². The Bertz CT molecular complexity index is 1170. The monoisotopic (exact) mass is 425 g/mol. The third kappa shape index (κ3) is 4.44. The van der Waals surface area contributed by atoms with E-state index in [1.165, 1.54) is 12.0 Å². The molecule has 0 saturated heterocycles. The summed E-state index contributed by atoms with van der Waals surface area (Å²) in [6, 6.07) is 27.7. The van der Waals surface area contributed by atoms with Gasteiger partial charge in [0, 0.05) is 30.2 Å². The molecule has 1 amide bonds. The first kappa shape index (κ1) is 21.1. The van der Waals surface area contributed by atoms with Crippen LogP contribution < -0.4 is 4.90 Å². The van der Waals surface area contributed by atoms with Crippen molar-refractivity contribution < 1.29 is 14.3 Å². The Morgan fingerprint density at radius 3 is 2.12 bits per heavy atom. The maximum Gasteiger partial charge on any atom is 0.414 e. The summed E-state index contributed by atoms with van der Waals surface area (Å²) >= 11 is 0. The first-order chi connectivity index (χ1) is 15.7. The number of hydrogen-bond acceptors (Lipinski definition) is 4. The SMILES string of the molecule is COC(=O)N(c1ccccc1)C(CC(=O)c1nccn1-c1ccccc1)c1ccccc1. The van der Waals surface area contributed by atoms with Gasteiger partial charge >= 0.3 is 6.09 Å². The smallest absolute Gasteiger partial charge is 0.414 e. The van der Waals surface area contributed by atoms with Crippen molar-refractivity contribution in [2.75, 3.05) is 12.0 Å². The lowest BCUT2D eigenvalue weighted by atomic mass is 9.98. The number of ether oxygens (including phenoxy) is 1. The lowest BCUT2D eigenvalue weighted by Crippen LogP contribution is -2.36. The van der Waals surface area contributed by atoms with Crippen LogP contribution in [0.1, 0.15) is 28.6 Å². The Hall–Kier alpha value is -4.19. The summed E-state index contributed by atoms with van der Waals surface area (Å²) < 4.78 is 6.85. The number of aromatic nitrogens is 2. The summed E-state index contributed by atoms with van der Waals surface area (Å²) in [6.45, 7) is 0. The van der Waals surface area contributed by atoms with E-state index in [4.69, 9.17) is 4.74 Å². The van der Waals surface area contributed by atoms with Crippen molar-refractivity contribution in [1.82, 2.24) is 9.55 Å². The molecule has 0 radical (unpaired) electrons. The molecule has 1 aromatic heterocycles. The number of anilines is 1. The van der Waals surface area contributed by atoms with E-state index in [0.29, 0.717) is 11.5 Å². The van der Waals surface area contributed by atoms with Crippen molar-refractivity contribution in [3.63, 3.8) is 0 Å². The van der Waals surface area contributed by atoms with Crippen molar-refractivity contribution in [3.05, 3.63) is 115 Å². The Morgan fingerprint density at radius 1 is 0.906 bits per heavy atom. The number of Topliss-reactive ketones (excluding diaryl/α,β-unsaturated/α-hetero) is 1. The average Bonchev–Trinajstić information content (AvgIpc) is 3.35. The summed E-state index contributed by atoms with van der Waals surface area (Å²) in [6.07, 6.45) is 2.87. The van der Waals surface area contributed by atoms with Crippen LogP contribution in [-0.2, 0) is 4.74 Å². The minimum absolute atomic E-state index is 0.0395. The maximum atomic E-state index is 13.5. The minimum atomic E-state index is -0.570. The Kier molecular flexibility index (Phi) is 6.41. The van der Waals surface area contributed by atoms with Crippen molar-refractivity contribution in [2.24, 2.45) is 0 Å². The molecule has 6 nitrogen and oxygen atoms in total. The fourth-order valence-electron chi connectivity index (χ4n) is 3.71. The van der Waals surface area contributed by atoms with Crippen LogP contribution in [0, 0.1) is 0 Å². The third-order valence-corrected chi connectivity index (χ3v) is 5.20. The molecule has 4 rings (SSSR count). The van der Waals surface area contributed by atoms with Gasteiger partial charge in [-0.1, -0.05) is 66.7 Å². The van der Waals surface area contributed by atoms with Gasteiger partial charge in [-0.3, -0.25) is 14.3 Å². The summed E-state index contributed by atoms with van der Waals surface area (Å²) in [5.74, 6) is 0.132. The van der Waals surface area contributed by atoms with E-state index in [2.05, 4.69) is 4.98 Å². The van der Waals surface area contributed by atoms with Gasteiger partial charge in [0.25, 0.3) is 0 Å². The summed E-state index contributed by atoms with van der Waals surface area (Å²) in [7, 11) is 1.34. The molecule has 6 heteroatoms. The molecule has 0 aliphatic heterocycles. The number of amides is 1. The molecular formula is C26H23N3O3. The number of methoxy groups -OCH3 is 1. The van der Waals surface area contributed by atoms with Crippen LogP contribution >= 0.6 is 0 Å². The fourth-order valence-corrected chi connectivity index (χ4v) is 3.71. The average molecular weight is 425 g/mol. The van der Waals surface area contributed by atoms with E-state index >= 15 is 0 Å². The lowest BCUT2D eigenvalue weighted by Gasteiger charge is -2.30. The molecule has 3 aromatic carbocycles. The van der Waals surface area contributed by atoms with Gasteiger partial charge in [-0.25, -0.2) is 9.78 Å². The number of ketones is 1. The highest BCUT2D eigenvalue weighted by Crippen LogP contribution is 2.32. The standard InChI is InChI=1S/C26H23N3O3/c1-32-26(31)29(22-15-9-4-10-16-22)23(20-11-5-2-6-12-20)19-24(30)25-27-17-18-28(25)21-13-7-3-8-14-21/h2-18,23H,19H2,1H3. The third-order valence-electron chi connectivity index (χ3n) is 5.20. The molecule has 0 aliphatic carbocycles. The molecular weight excluding hydrogens is 402 g/mol. The number of imidazole rings is 1. The second-order valence-electron chi connectivity index (χ2n) is 7.19. The maximum absolute atomic E-state index is 13.5. The molecule has 0 spiro atoms. The van der Waals surface area contributed by atoms with Crippen LogP contribution in [-0.4, -0.2) is 28.5 Å². The Morgan fingerprint density at radius 2 is 1.50 bits per heavy atom. The van der Waals surface area contributed by atoms with Crippen LogP contribution in [0.2, 0.25) is 0 Å². The Labute approximate surface area is 186 Å². The first-order valence-electron chi connectivity index (χ1n) is 10.3. The number of hydrogen-bond donors (Lipinski definition) is 0. The van der Waals surface area contributed by atoms with Gasteiger partial charge in [0.15, 0.2) is 5.82 Å². The van der Waals surface area contributed by atoms with Crippen LogP contribution in [0.15, 0.2) is 103 Å². The molecule has 0 bridgehead atoms. The van der Waals surface area contributed by atoms with Crippen molar-refractivity contribution in [1.29, 1.82) is 0 Å². The highest BCUT2D eigenvalue weighted by atomic mass is 16.5. The molecule has 1 atom stereocenters. The van der Waals surface area contributed by atoms with E-state index in [-0.39, 0.29) is 12.2 Å². The molecule has 0 fully saturated rings. The number of para-hydroxylation sites is 2. The molecule has 0 aliphatic rings. The zero-order valence-corrected chi connectivity index (χ0v) is 17.7. The highest BCUT2D eigenvalue weighted by molar-refractivity contribution is 5.96. The van der Waals surface area contributed by atoms with E-state index < -0.39 is 12.1 Å². The van der Waals surface area contributed by atoms with Crippen LogP contribution in [0.3, 0.4) is 0 Å². The van der Waals surface area contributed by atoms with Crippen molar-refractivity contribution in [2.45, 2.75) is 12.5 Å². The van der Waals surface area contributed by atoms with Crippen LogP contribution in [0.25, 0.3) is 5.69 Å². The summed E-state index contributed by atoms with van der Waals surface area (Å²) in [4.78, 5) is 32.2. The van der Waals surface area contributed by atoms with Gasteiger partial charge in [0.05, 0.1) is 13.2 Å². The number of carbonyl (C=O) groups excluding carboxylic acids is 2. The highest BCUT2D eigenvalue weighted by Gasteiger charge is 2.31. The van der Waals surface area contributed by atoms with Crippen molar-refractivity contribution in [3.8, 4) is 5.69 Å². The largest absolute Gasteiger partial charge is 0.452 e. The predicted molar refractivity (Wildman–Crippen MR) is 123 cm³/mol. The van der Waals surface area contributed by atoms with Gasteiger partial charge in [-0.05, 0) is 29.8 Å². The lowest BCUT2D eigenvalue weighted by molar-refractivity contribution is 0.0960. The van der Waals surface area contributed by atoms with Crippen LogP contribution in [0.4, 0.5) is 10.5 Å². The molecule has 160 valence electrons. The molecule has 0 saturated carbocycles. The van der Waals surface area contributed by atoms with Crippen LogP contribution in [0.5, 0.6) is 0 Å². The van der Waals surface area contributed by atoms with E-state index in [9.17, 15) is 9.59 Å². The predicted octanol–water partition coefficient (Wildman–Crippen LogP) is 5.46. The molecule has 0 N–H and O–H groups in total. The van der Waals surface area contributed by atoms with E-state index in [1.54, 1.807) is 17.0 Å². The van der Waals surface area contributed by atoms with Gasteiger partial charge in [0.2, 0.25) is 5.78 Å². The topological polar surface area (TPSA) is 64.4 Å². The Balaban J connectivity index is 1.73. The molecule has 4 aromatic rings. The molecule has 32 heavy (non-hydrogen) atoms. The summed E-state index contributed by atoms with van der Waals surface area (Å²) in [5.41, 5.74) is 2.32. The van der Waals surface area contributed by atoms with E-state index in [1.807, 2.05) is 91.0 Å². The van der Waals surface area contributed by atoms with E-state index in [0.717, 1.165) is 11.3 Å². The normalized spacial score (nSPS) is 11.5. The van der Waals surface area contributed by atoms with Gasteiger partial charge in [-0.2, -0.15) is 0 Å². The van der Waals surface area contributed by atoms with Crippen molar-refractivity contribution >= 4 is 17.6 Å². The number of benzene rings is 3. The van der Waals surface area contributed by atoms with Gasteiger partial charge in [0.1, 0.15) is 0 Å². The second-order valence-corrected chi connectivity index (χ2v) is 7.19. The zero-order valence-electron chi connectivity index (χ0n) is 17.7. The number of rotatable bonds is 7. The fraction of sp³-hybridized carbons (Fsp3) is 0.115. The second kappa shape index (κ2) is 9.75. The molecule has 1 heterocycles. The first-order valence-corrected chi connectivity index (χ1v) is 10.3. The number of carbonyl (C=O) groups is 2. The zero-order chi connectivity index (χ0) is 22.3. The summed E-state index contributed by atoms with van der Waals surface area (Å²) in [5, 5.41) is 0. The van der Waals surface area contributed by atoms with Gasteiger partial charge < -0.3 is 4.74 Å². The molecule has 1 unspecified atom stereocenters. The quantitative estimate of drug-likeness (QED) is 0.369.